The van der Waals surface area contributed by atoms with Crippen molar-refractivity contribution < 1.29 is 9.53 Å². The summed E-state index contributed by atoms with van der Waals surface area (Å²) < 4.78 is 5.08. The topological polar surface area (TPSA) is 26.3 Å². The fourth-order valence-electron chi connectivity index (χ4n) is 1.40. The van der Waals surface area contributed by atoms with Gasteiger partial charge in [0.15, 0.2) is 0 Å². The highest BCUT2D eigenvalue weighted by Gasteiger charge is 2.25. The molecule has 0 aliphatic heterocycles. The molecule has 1 fully saturated rings. The lowest BCUT2D eigenvalue weighted by Gasteiger charge is -2.10. The van der Waals surface area contributed by atoms with Crippen LogP contribution < -0.4 is 0 Å². The fraction of sp³-hybridized carbons (Fsp3) is 0.857. The van der Waals surface area contributed by atoms with Crippen molar-refractivity contribution in [1.29, 1.82) is 0 Å². The Bertz CT molecular complexity index is 101. The van der Waals surface area contributed by atoms with Crippen LogP contribution in [-0.2, 0) is 9.53 Å². The molecule has 1 saturated carbocycles. The average Bonchev–Trinajstić information content (AvgIpc) is 2.33. The predicted molar refractivity (Wildman–Crippen MR) is 34.2 cm³/mol. The van der Waals surface area contributed by atoms with Crippen LogP contribution in [0.15, 0.2) is 0 Å². The van der Waals surface area contributed by atoms with Crippen LogP contribution in [0.1, 0.15) is 19.3 Å². The average molecular weight is 128 g/mol. The molecule has 0 bridgehead atoms. The van der Waals surface area contributed by atoms with Gasteiger partial charge in [-0.15, -0.1) is 0 Å². The summed E-state index contributed by atoms with van der Waals surface area (Å²) in [6.45, 7) is 0. The number of rotatable bonds is 2. The Morgan fingerprint density at radius 1 is 1.56 bits per heavy atom. The van der Waals surface area contributed by atoms with E-state index in [1.54, 1.807) is 7.11 Å². The molecule has 1 aliphatic rings. The molecule has 0 heterocycles. The lowest BCUT2D eigenvalue weighted by atomic mass is 10.1. The highest BCUT2D eigenvalue weighted by Crippen LogP contribution is 2.25. The highest BCUT2D eigenvalue weighted by molar-refractivity contribution is 5.55. The quantitative estimate of drug-likeness (QED) is 0.518. The second-order valence-electron chi connectivity index (χ2n) is 2.50. The molecule has 2 unspecified atom stereocenters. The summed E-state index contributed by atoms with van der Waals surface area (Å²) >= 11 is 0. The first-order valence-corrected chi connectivity index (χ1v) is 3.36. The lowest BCUT2D eigenvalue weighted by Crippen LogP contribution is -2.16. The molecule has 0 amide bonds. The van der Waals surface area contributed by atoms with Gasteiger partial charge in [0.1, 0.15) is 6.29 Å². The van der Waals surface area contributed by atoms with Gasteiger partial charge in [-0.05, 0) is 12.8 Å². The van der Waals surface area contributed by atoms with Gasteiger partial charge in [-0.25, -0.2) is 0 Å². The van der Waals surface area contributed by atoms with E-state index < -0.39 is 0 Å². The van der Waals surface area contributed by atoms with Crippen molar-refractivity contribution in [1.82, 2.24) is 0 Å². The number of hydrogen-bond donors (Lipinski definition) is 0. The summed E-state index contributed by atoms with van der Waals surface area (Å²) in [4.78, 5) is 10.3. The van der Waals surface area contributed by atoms with E-state index in [9.17, 15) is 4.79 Å². The third kappa shape index (κ3) is 1.30. The standard InChI is InChI=1S/C7H12O2/c1-9-7-4-2-3-6(7)5-8/h5-7H,2-4H2,1H3. The molecular formula is C7H12O2. The maximum absolute atomic E-state index is 10.3. The van der Waals surface area contributed by atoms with Gasteiger partial charge in [0.2, 0.25) is 0 Å². The summed E-state index contributed by atoms with van der Waals surface area (Å²) in [5.41, 5.74) is 0. The van der Waals surface area contributed by atoms with E-state index in [1.165, 1.54) is 0 Å². The molecule has 0 aromatic rings. The molecular weight excluding hydrogens is 116 g/mol. The first-order chi connectivity index (χ1) is 4.38. The van der Waals surface area contributed by atoms with Crippen LogP contribution >= 0.6 is 0 Å². The Kier molecular flexibility index (Phi) is 2.22. The van der Waals surface area contributed by atoms with Crippen LogP contribution in [0.4, 0.5) is 0 Å². The highest BCUT2D eigenvalue weighted by atomic mass is 16.5. The number of ether oxygens (including phenoxy) is 1. The van der Waals surface area contributed by atoms with Gasteiger partial charge in [-0.1, -0.05) is 6.42 Å². The summed E-state index contributed by atoms with van der Waals surface area (Å²) in [6.07, 6.45) is 4.44. The van der Waals surface area contributed by atoms with E-state index in [-0.39, 0.29) is 12.0 Å². The van der Waals surface area contributed by atoms with E-state index in [0.717, 1.165) is 25.5 Å². The number of hydrogen-bond acceptors (Lipinski definition) is 2. The number of carbonyl (C=O) groups excluding carboxylic acids is 1. The zero-order valence-corrected chi connectivity index (χ0v) is 5.67. The monoisotopic (exact) mass is 128 g/mol. The van der Waals surface area contributed by atoms with Crippen molar-refractivity contribution >= 4 is 6.29 Å². The van der Waals surface area contributed by atoms with Gasteiger partial charge in [0.05, 0.1) is 6.10 Å². The molecule has 0 aromatic heterocycles. The Labute approximate surface area is 55.2 Å². The van der Waals surface area contributed by atoms with Gasteiger partial charge >= 0.3 is 0 Å². The van der Waals surface area contributed by atoms with Crippen LogP contribution in [0, 0.1) is 5.92 Å². The molecule has 1 rings (SSSR count). The molecule has 2 heteroatoms. The summed E-state index contributed by atoms with van der Waals surface area (Å²) in [7, 11) is 1.67. The third-order valence-corrected chi connectivity index (χ3v) is 1.98. The Morgan fingerprint density at radius 3 is 2.78 bits per heavy atom. The predicted octanol–water partition coefficient (Wildman–Crippen LogP) is 1.00. The number of aldehydes is 1. The molecule has 0 N–H and O–H groups in total. The van der Waals surface area contributed by atoms with Gasteiger partial charge < -0.3 is 9.53 Å². The molecule has 2 atom stereocenters. The fourth-order valence-corrected chi connectivity index (χ4v) is 1.40. The van der Waals surface area contributed by atoms with E-state index in [1.807, 2.05) is 0 Å². The van der Waals surface area contributed by atoms with Gasteiger partial charge in [-0.2, -0.15) is 0 Å². The minimum Gasteiger partial charge on any atom is -0.381 e. The summed E-state index contributed by atoms with van der Waals surface area (Å²) in [5, 5.41) is 0. The Balaban J connectivity index is 2.41. The molecule has 0 spiro atoms. The Hall–Kier alpha value is -0.370. The summed E-state index contributed by atoms with van der Waals surface area (Å²) in [6, 6.07) is 0. The van der Waals surface area contributed by atoms with Crippen LogP contribution in [-0.4, -0.2) is 19.5 Å². The lowest BCUT2D eigenvalue weighted by molar-refractivity contribution is -0.113. The number of carbonyl (C=O) groups is 1. The van der Waals surface area contributed by atoms with Crippen molar-refractivity contribution in [2.24, 2.45) is 5.92 Å². The van der Waals surface area contributed by atoms with Crippen LogP contribution in [0.3, 0.4) is 0 Å². The normalized spacial score (nSPS) is 34.8. The summed E-state index contributed by atoms with van der Waals surface area (Å²) in [5.74, 6) is 0.176. The van der Waals surface area contributed by atoms with Crippen LogP contribution in [0.5, 0.6) is 0 Å². The molecule has 0 aromatic carbocycles. The number of methoxy groups -OCH3 is 1. The molecule has 9 heavy (non-hydrogen) atoms. The first-order valence-electron chi connectivity index (χ1n) is 3.36. The van der Waals surface area contributed by atoms with Crippen molar-refractivity contribution in [2.45, 2.75) is 25.4 Å². The van der Waals surface area contributed by atoms with E-state index in [0.29, 0.717) is 0 Å². The Morgan fingerprint density at radius 2 is 2.33 bits per heavy atom. The van der Waals surface area contributed by atoms with Crippen LogP contribution in [0.2, 0.25) is 0 Å². The molecule has 2 nitrogen and oxygen atoms in total. The molecule has 0 radical (unpaired) electrons. The largest absolute Gasteiger partial charge is 0.381 e. The smallest absolute Gasteiger partial charge is 0.125 e. The minimum atomic E-state index is 0.176. The zero-order valence-electron chi connectivity index (χ0n) is 5.67. The third-order valence-electron chi connectivity index (χ3n) is 1.98. The zero-order chi connectivity index (χ0) is 6.69. The van der Waals surface area contributed by atoms with Crippen molar-refractivity contribution in [3.63, 3.8) is 0 Å². The van der Waals surface area contributed by atoms with E-state index in [4.69, 9.17) is 4.74 Å². The van der Waals surface area contributed by atoms with Gasteiger partial charge in [0, 0.05) is 13.0 Å². The maximum atomic E-state index is 10.3. The van der Waals surface area contributed by atoms with Gasteiger partial charge in [-0.3, -0.25) is 0 Å². The minimum absolute atomic E-state index is 0.176. The van der Waals surface area contributed by atoms with E-state index >= 15 is 0 Å². The second-order valence-corrected chi connectivity index (χ2v) is 2.50. The van der Waals surface area contributed by atoms with Crippen molar-refractivity contribution in [3.8, 4) is 0 Å². The van der Waals surface area contributed by atoms with Crippen molar-refractivity contribution in [3.05, 3.63) is 0 Å². The first kappa shape index (κ1) is 6.75. The van der Waals surface area contributed by atoms with Gasteiger partial charge in [0.25, 0.3) is 0 Å². The SMILES string of the molecule is COC1CCCC1C=O. The molecule has 52 valence electrons. The second kappa shape index (κ2) is 2.97. The molecule has 1 aliphatic carbocycles. The molecule has 0 saturated heterocycles. The van der Waals surface area contributed by atoms with Crippen molar-refractivity contribution in [2.75, 3.05) is 7.11 Å². The maximum Gasteiger partial charge on any atom is 0.125 e. The van der Waals surface area contributed by atoms with E-state index in [2.05, 4.69) is 0 Å². The van der Waals surface area contributed by atoms with Crippen LogP contribution in [0.25, 0.3) is 0 Å².